The zero-order valence-electron chi connectivity index (χ0n) is 11.6. The van der Waals surface area contributed by atoms with Gasteiger partial charge < -0.3 is 4.90 Å². The Kier molecular flexibility index (Phi) is 8.06. The van der Waals surface area contributed by atoms with E-state index in [0.717, 1.165) is 39.3 Å². The van der Waals surface area contributed by atoms with Gasteiger partial charge in [-0.1, -0.05) is 44.2 Å². The van der Waals surface area contributed by atoms with Crippen LogP contribution in [0.2, 0.25) is 0 Å². The molecular formula is C15H25ClN2. The molecule has 0 atom stereocenters. The van der Waals surface area contributed by atoms with E-state index < -0.39 is 0 Å². The van der Waals surface area contributed by atoms with Crippen LogP contribution in [-0.2, 0) is 6.54 Å². The Bertz CT molecular complexity index is 299. The summed E-state index contributed by atoms with van der Waals surface area (Å²) in [6.45, 7) is 10.8. The molecule has 0 saturated carbocycles. The molecule has 0 amide bonds. The molecule has 0 fully saturated rings. The minimum atomic E-state index is 0.699. The van der Waals surface area contributed by atoms with Crippen molar-refractivity contribution >= 4 is 11.6 Å². The molecule has 0 aliphatic carbocycles. The lowest BCUT2D eigenvalue weighted by molar-refractivity contribution is 0.216. The smallest absolute Gasteiger partial charge is 0.0351 e. The third-order valence-corrected chi connectivity index (χ3v) is 3.45. The number of nitrogens with zero attached hydrogens (tertiary/aromatic N) is 2. The van der Waals surface area contributed by atoms with Crippen molar-refractivity contribution < 1.29 is 0 Å². The average Bonchev–Trinajstić information content (AvgIpc) is 2.41. The summed E-state index contributed by atoms with van der Waals surface area (Å²) < 4.78 is 0. The predicted molar refractivity (Wildman–Crippen MR) is 80.2 cm³/mol. The van der Waals surface area contributed by atoms with Gasteiger partial charge in [0.1, 0.15) is 0 Å². The standard InChI is InChI=1S/C15H25ClN2/c1-3-17(4-2)12-13-18(11-10-16)14-15-8-6-5-7-9-15/h5-9H,3-4,10-14H2,1-2H3. The van der Waals surface area contributed by atoms with Gasteiger partial charge in [-0.05, 0) is 18.7 Å². The molecule has 1 aromatic carbocycles. The van der Waals surface area contributed by atoms with Gasteiger partial charge in [0.2, 0.25) is 0 Å². The summed E-state index contributed by atoms with van der Waals surface area (Å²) in [5.74, 6) is 0.699. The van der Waals surface area contributed by atoms with E-state index in [4.69, 9.17) is 11.6 Å². The van der Waals surface area contributed by atoms with E-state index in [0.29, 0.717) is 5.88 Å². The summed E-state index contributed by atoms with van der Waals surface area (Å²) in [5, 5.41) is 0. The molecule has 0 heterocycles. The Hall–Kier alpha value is -0.570. The molecule has 1 aromatic rings. The highest BCUT2D eigenvalue weighted by molar-refractivity contribution is 6.18. The summed E-state index contributed by atoms with van der Waals surface area (Å²) in [6, 6.07) is 10.6. The van der Waals surface area contributed by atoms with Crippen LogP contribution < -0.4 is 0 Å². The first-order valence-electron chi connectivity index (χ1n) is 6.84. The molecule has 102 valence electrons. The zero-order valence-corrected chi connectivity index (χ0v) is 12.4. The monoisotopic (exact) mass is 268 g/mol. The molecule has 0 aliphatic heterocycles. The molecular weight excluding hydrogens is 244 g/mol. The second-order valence-electron chi connectivity index (χ2n) is 4.48. The van der Waals surface area contributed by atoms with Gasteiger partial charge in [0.15, 0.2) is 0 Å². The maximum atomic E-state index is 5.89. The van der Waals surface area contributed by atoms with Gasteiger partial charge in [-0.3, -0.25) is 4.90 Å². The van der Waals surface area contributed by atoms with E-state index in [2.05, 4.69) is 54.0 Å². The van der Waals surface area contributed by atoms with Crippen LogP contribution in [-0.4, -0.2) is 48.4 Å². The fraction of sp³-hybridized carbons (Fsp3) is 0.600. The molecule has 2 nitrogen and oxygen atoms in total. The van der Waals surface area contributed by atoms with Crippen LogP contribution in [0.5, 0.6) is 0 Å². The number of hydrogen-bond donors (Lipinski definition) is 0. The van der Waals surface area contributed by atoms with Gasteiger partial charge in [0.25, 0.3) is 0 Å². The van der Waals surface area contributed by atoms with Crippen LogP contribution in [0.1, 0.15) is 19.4 Å². The lowest BCUT2D eigenvalue weighted by Crippen LogP contribution is -2.35. The number of alkyl halides is 1. The number of rotatable bonds is 9. The Morgan fingerprint density at radius 1 is 0.889 bits per heavy atom. The Morgan fingerprint density at radius 3 is 2.06 bits per heavy atom. The molecule has 3 heteroatoms. The Morgan fingerprint density at radius 2 is 1.50 bits per heavy atom. The second-order valence-corrected chi connectivity index (χ2v) is 4.86. The minimum absolute atomic E-state index is 0.699. The molecule has 0 unspecified atom stereocenters. The maximum absolute atomic E-state index is 5.89. The first-order chi connectivity index (χ1) is 8.80. The largest absolute Gasteiger partial charge is 0.303 e. The van der Waals surface area contributed by atoms with E-state index in [1.807, 2.05) is 0 Å². The van der Waals surface area contributed by atoms with Crippen LogP contribution in [0.4, 0.5) is 0 Å². The fourth-order valence-corrected chi connectivity index (χ4v) is 2.29. The molecule has 0 aliphatic rings. The van der Waals surface area contributed by atoms with Crippen molar-refractivity contribution in [2.45, 2.75) is 20.4 Å². The van der Waals surface area contributed by atoms with Crippen LogP contribution in [0.15, 0.2) is 30.3 Å². The molecule has 0 radical (unpaired) electrons. The van der Waals surface area contributed by atoms with E-state index >= 15 is 0 Å². The van der Waals surface area contributed by atoms with Crippen LogP contribution in [0, 0.1) is 0 Å². The van der Waals surface area contributed by atoms with Crippen LogP contribution in [0.25, 0.3) is 0 Å². The summed E-state index contributed by atoms with van der Waals surface area (Å²) >= 11 is 5.89. The normalized spacial score (nSPS) is 11.4. The highest BCUT2D eigenvalue weighted by Crippen LogP contribution is 2.05. The lowest BCUT2D eigenvalue weighted by atomic mass is 10.2. The van der Waals surface area contributed by atoms with Gasteiger partial charge in [-0.25, -0.2) is 0 Å². The van der Waals surface area contributed by atoms with E-state index in [1.165, 1.54) is 5.56 Å². The van der Waals surface area contributed by atoms with Crippen molar-refractivity contribution in [1.29, 1.82) is 0 Å². The third-order valence-electron chi connectivity index (χ3n) is 3.28. The third kappa shape index (κ3) is 5.85. The molecule has 0 aromatic heterocycles. The minimum Gasteiger partial charge on any atom is -0.303 e. The van der Waals surface area contributed by atoms with Gasteiger partial charge in [-0.2, -0.15) is 0 Å². The van der Waals surface area contributed by atoms with Crippen molar-refractivity contribution in [3.63, 3.8) is 0 Å². The first-order valence-corrected chi connectivity index (χ1v) is 7.38. The summed E-state index contributed by atoms with van der Waals surface area (Å²) in [6.07, 6.45) is 0. The van der Waals surface area contributed by atoms with Crippen LogP contribution in [0.3, 0.4) is 0 Å². The number of halogens is 1. The zero-order chi connectivity index (χ0) is 13.2. The van der Waals surface area contributed by atoms with E-state index in [1.54, 1.807) is 0 Å². The topological polar surface area (TPSA) is 6.48 Å². The lowest BCUT2D eigenvalue weighted by Gasteiger charge is -2.25. The fourth-order valence-electron chi connectivity index (χ4n) is 2.05. The molecule has 18 heavy (non-hydrogen) atoms. The maximum Gasteiger partial charge on any atom is 0.0351 e. The van der Waals surface area contributed by atoms with E-state index in [9.17, 15) is 0 Å². The summed E-state index contributed by atoms with van der Waals surface area (Å²) in [5.41, 5.74) is 1.36. The molecule has 0 N–H and O–H groups in total. The predicted octanol–water partition coefficient (Wildman–Crippen LogP) is 3.07. The van der Waals surface area contributed by atoms with Crippen molar-refractivity contribution in [2.24, 2.45) is 0 Å². The van der Waals surface area contributed by atoms with Gasteiger partial charge >= 0.3 is 0 Å². The Labute approximate surface area is 117 Å². The molecule has 0 saturated heterocycles. The van der Waals surface area contributed by atoms with Gasteiger partial charge in [0.05, 0.1) is 0 Å². The van der Waals surface area contributed by atoms with Crippen molar-refractivity contribution in [3.8, 4) is 0 Å². The van der Waals surface area contributed by atoms with Gasteiger partial charge in [-0.15, -0.1) is 11.6 Å². The first kappa shape index (κ1) is 15.5. The number of likely N-dealkylation sites (N-methyl/N-ethyl adjacent to an activating group) is 1. The van der Waals surface area contributed by atoms with E-state index in [-0.39, 0.29) is 0 Å². The van der Waals surface area contributed by atoms with Crippen molar-refractivity contribution in [3.05, 3.63) is 35.9 Å². The second kappa shape index (κ2) is 9.37. The number of benzene rings is 1. The van der Waals surface area contributed by atoms with Crippen molar-refractivity contribution in [1.82, 2.24) is 9.80 Å². The van der Waals surface area contributed by atoms with Crippen LogP contribution >= 0.6 is 11.6 Å². The van der Waals surface area contributed by atoms with Gasteiger partial charge in [0, 0.05) is 32.1 Å². The molecule has 0 bridgehead atoms. The Balaban J connectivity index is 2.44. The molecule has 1 rings (SSSR count). The summed E-state index contributed by atoms with van der Waals surface area (Å²) in [7, 11) is 0. The van der Waals surface area contributed by atoms with Crippen molar-refractivity contribution in [2.75, 3.05) is 38.6 Å². The highest BCUT2D eigenvalue weighted by atomic mass is 35.5. The SMILES string of the molecule is CCN(CC)CCN(CCCl)Cc1ccccc1. The highest BCUT2D eigenvalue weighted by Gasteiger charge is 2.07. The average molecular weight is 269 g/mol. The quantitative estimate of drug-likeness (QED) is 0.635. The number of hydrogen-bond acceptors (Lipinski definition) is 2. The molecule has 0 spiro atoms. The summed E-state index contributed by atoms with van der Waals surface area (Å²) in [4.78, 5) is 4.88.